The van der Waals surface area contributed by atoms with Crippen molar-refractivity contribution in [3.05, 3.63) is 47.9 Å². The highest BCUT2D eigenvalue weighted by Crippen LogP contribution is 2.29. The van der Waals surface area contributed by atoms with Crippen LogP contribution in [0.2, 0.25) is 0 Å². The van der Waals surface area contributed by atoms with Gasteiger partial charge in [-0.2, -0.15) is 0 Å². The van der Waals surface area contributed by atoms with Crippen LogP contribution in [0.1, 0.15) is 18.1 Å². The second kappa shape index (κ2) is 5.77. The molecule has 3 rings (SSSR count). The van der Waals surface area contributed by atoms with Crippen molar-refractivity contribution in [1.29, 1.82) is 0 Å². The van der Waals surface area contributed by atoms with Crippen molar-refractivity contribution >= 4 is 22.5 Å². The molecule has 0 spiro atoms. The van der Waals surface area contributed by atoms with E-state index in [2.05, 4.69) is 27.9 Å². The lowest BCUT2D eigenvalue weighted by Crippen LogP contribution is -2.13. The summed E-state index contributed by atoms with van der Waals surface area (Å²) in [5.41, 5.74) is 5.14. The molecule has 0 aliphatic heterocycles. The van der Waals surface area contributed by atoms with E-state index in [4.69, 9.17) is 0 Å². The zero-order valence-corrected chi connectivity index (χ0v) is 13.1. The first-order valence-corrected chi connectivity index (χ1v) is 7.37. The van der Waals surface area contributed by atoms with Gasteiger partial charge in [-0.3, -0.25) is 0 Å². The van der Waals surface area contributed by atoms with Gasteiger partial charge < -0.3 is 14.6 Å². The molecule has 114 valence electrons. The number of pyridine rings is 1. The van der Waals surface area contributed by atoms with E-state index in [0.717, 1.165) is 34.5 Å². The molecular weight excluding hydrogens is 276 g/mol. The lowest BCUT2D eigenvalue weighted by Gasteiger charge is -2.22. The summed E-state index contributed by atoms with van der Waals surface area (Å²) in [6, 6.07) is 8.09. The summed E-state index contributed by atoms with van der Waals surface area (Å²) in [7, 11) is 3.98. The van der Waals surface area contributed by atoms with Crippen LogP contribution in [0.4, 0.5) is 11.5 Å². The largest absolute Gasteiger partial charge is 0.392 e. The number of nitrogens with zero attached hydrogens (tertiary/aromatic N) is 4. The summed E-state index contributed by atoms with van der Waals surface area (Å²) in [5.74, 6) is 0.862. The van der Waals surface area contributed by atoms with Gasteiger partial charge in [0.1, 0.15) is 11.3 Å². The molecule has 0 aliphatic rings. The summed E-state index contributed by atoms with van der Waals surface area (Å²) >= 11 is 0. The predicted octanol–water partition coefficient (Wildman–Crippen LogP) is 2.79. The van der Waals surface area contributed by atoms with Crippen LogP contribution in [-0.4, -0.2) is 26.7 Å². The number of imidazole rings is 1. The molecule has 0 radical (unpaired) electrons. The van der Waals surface area contributed by atoms with E-state index in [1.807, 2.05) is 36.9 Å². The van der Waals surface area contributed by atoms with Crippen LogP contribution < -0.4 is 4.90 Å². The van der Waals surface area contributed by atoms with Crippen molar-refractivity contribution in [1.82, 2.24) is 14.5 Å². The van der Waals surface area contributed by atoms with Gasteiger partial charge in [0.05, 0.1) is 24.6 Å². The Bertz CT molecular complexity index is 810. The summed E-state index contributed by atoms with van der Waals surface area (Å²) in [5, 5.41) is 9.38. The Morgan fingerprint density at radius 1 is 1.23 bits per heavy atom. The quantitative estimate of drug-likeness (QED) is 0.804. The van der Waals surface area contributed by atoms with Gasteiger partial charge in [-0.15, -0.1) is 0 Å². The minimum Gasteiger partial charge on any atom is -0.392 e. The summed E-state index contributed by atoms with van der Waals surface area (Å²) in [6.07, 6.45) is 4.52. The van der Waals surface area contributed by atoms with Gasteiger partial charge in [0.25, 0.3) is 0 Å². The molecule has 0 fully saturated rings. The van der Waals surface area contributed by atoms with Crippen LogP contribution >= 0.6 is 0 Å². The molecule has 2 heterocycles. The van der Waals surface area contributed by atoms with Gasteiger partial charge in [0, 0.05) is 25.8 Å². The fourth-order valence-electron chi connectivity index (χ4n) is 2.65. The topological polar surface area (TPSA) is 54.2 Å². The molecular formula is C17H20N4O. The maximum absolute atomic E-state index is 9.38. The first-order chi connectivity index (χ1) is 10.6. The molecule has 0 aliphatic carbocycles. The molecule has 5 heteroatoms. The van der Waals surface area contributed by atoms with E-state index in [0.29, 0.717) is 0 Å². The SMILES string of the molecule is CCc1ccc(CO)cc1N(C)c1cc2c(cn1)ncn2C. The maximum atomic E-state index is 9.38. The molecule has 0 atom stereocenters. The Hall–Kier alpha value is -2.40. The van der Waals surface area contributed by atoms with Gasteiger partial charge in [-0.25, -0.2) is 9.97 Å². The van der Waals surface area contributed by atoms with Crippen molar-refractivity contribution in [3.8, 4) is 0 Å². The van der Waals surface area contributed by atoms with Crippen LogP contribution in [0, 0.1) is 0 Å². The molecule has 0 unspecified atom stereocenters. The third kappa shape index (κ3) is 2.44. The molecule has 1 N–H and O–H groups in total. The average Bonchev–Trinajstić information content (AvgIpc) is 2.94. The minimum atomic E-state index is 0.0407. The Morgan fingerprint density at radius 3 is 2.77 bits per heavy atom. The van der Waals surface area contributed by atoms with Crippen LogP contribution in [0.25, 0.3) is 11.0 Å². The number of rotatable bonds is 4. The van der Waals surface area contributed by atoms with Gasteiger partial charge in [-0.1, -0.05) is 19.1 Å². The number of fused-ring (bicyclic) bond motifs is 1. The monoisotopic (exact) mass is 296 g/mol. The van der Waals surface area contributed by atoms with Crippen LogP contribution in [0.15, 0.2) is 36.8 Å². The lowest BCUT2D eigenvalue weighted by molar-refractivity contribution is 0.282. The zero-order chi connectivity index (χ0) is 15.7. The highest BCUT2D eigenvalue weighted by Gasteiger charge is 2.12. The number of aryl methyl sites for hydroxylation is 2. The number of benzene rings is 1. The molecule has 0 amide bonds. The Morgan fingerprint density at radius 2 is 2.05 bits per heavy atom. The average molecular weight is 296 g/mol. The van der Waals surface area contributed by atoms with Crippen molar-refractivity contribution in [2.24, 2.45) is 7.05 Å². The van der Waals surface area contributed by atoms with Gasteiger partial charge in [0.2, 0.25) is 0 Å². The van der Waals surface area contributed by atoms with Crippen LogP contribution in [-0.2, 0) is 20.1 Å². The van der Waals surface area contributed by atoms with Crippen LogP contribution in [0.5, 0.6) is 0 Å². The second-order valence-corrected chi connectivity index (χ2v) is 5.42. The summed E-state index contributed by atoms with van der Waals surface area (Å²) < 4.78 is 1.99. The molecule has 3 aromatic rings. The van der Waals surface area contributed by atoms with Crippen molar-refractivity contribution in [2.75, 3.05) is 11.9 Å². The predicted molar refractivity (Wildman–Crippen MR) is 88.3 cm³/mol. The highest BCUT2D eigenvalue weighted by molar-refractivity contribution is 5.79. The highest BCUT2D eigenvalue weighted by atomic mass is 16.3. The van der Waals surface area contributed by atoms with Gasteiger partial charge in [0.15, 0.2) is 0 Å². The van der Waals surface area contributed by atoms with E-state index < -0.39 is 0 Å². The zero-order valence-electron chi connectivity index (χ0n) is 13.1. The number of aliphatic hydroxyl groups is 1. The number of anilines is 2. The normalized spacial score (nSPS) is 11.1. The number of aromatic nitrogens is 3. The molecule has 5 nitrogen and oxygen atoms in total. The fourth-order valence-corrected chi connectivity index (χ4v) is 2.65. The second-order valence-electron chi connectivity index (χ2n) is 5.42. The fraction of sp³-hybridized carbons (Fsp3) is 0.294. The smallest absolute Gasteiger partial charge is 0.134 e. The molecule has 22 heavy (non-hydrogen) atoms. The maximum Gasteiger partial charge on any atom is 0.134 e. The van der Waals surface area contributed by atoms with Crippen molar-refractivity contribution in [3.63, 3.8) is 0 Å². The third-order valence-corrected chi connectivity index (χ3v) is 4.02. The van der Waals surface area contributed by atoms with Gasteiger partial charge >= 0.3 is 0 Å². The van der Waals surface area contributed by atoms with E-state index in [1.165, 1.54) is 5.56 Å². The van der Waals surface area contributed by atoms with E-state index in [9.17, 15) is 5.11 Å². The molecule has 0 saturated heterocycles. The number of aliphatic hydroxyl groups excluding tert-OH is 1. The van der Waals surface area contributed by atoms with E-state index in [1.54, 1.807) is 12.5 Å². The van der Waals surface area contributed by atoms with Gasteiger partial charge in [-0.05, 0) is 23.6 Å². The molecule has 1 aromatic carbocycles. The standard InChI is InChI=1S/C17H20N4O/c1-4-13-6-5-12(10-22)7-15(13)21(3)17-8-16-14(9-18-17)19-11-20(16)2/h5-9,11,22H,4,10H2,1-3H3. The number of hydrogen-bond acceptors (Lipinski definition) is 4. The Kier molecular flexibility index (Phi) is 3.81. The third-order valence-electron chi connectivity index (χ3n) is 4.02. The first kappa shape index (κ1) is 14.5. The number of hydrogen-bond donors (Lipinski definition) is 1. The van der Waals surface area contributed by atoms with E-state index in [-0.39, 0.29) is 6.61 Å². The lowest BCUT2D eigenvalue weighted by atomic mass is 10.1. The molecule has 0 saturated carbocycles. The first-order valence-electron chi connectivity index (χ1n) is 7.37. The molecule has 0 bridgehead atoms. The van der Waals surface area contributed by atoms with Crippen molar-refractivity contribution < 1.29 is 5.11 Å². The van der Waals surface area contributed by atoms with Crippen LogP contribution in [0.3, 0.4) is 0 Å². The van der Waals surface area contributed by atoms with E-state index >= 15 is 0 Å². The summed E-state index contributed by atoms with van der Waals surface area (Å²) in [4.78, 5) is 10.9. The minimum absolute atomic E-state index is 0.0407. The Balaban J connectivity index is 2.08. The van der Waals surface area contributed by atoms with Crippen molar-refractivity contribution in [2.45, 2.75) is 20.0 Å². The molecule has 2 aromatic heterocycles. The summed E-state index contributed by atoms with van der Waals surface area (Å²) in [6.45, 7) is 2.17. The Labute approximate surface area is 129 Å².